The summed E-state index contributed by atoms with van der Waals surface area (Å²) in [6.45, 7) is 1.83. The number of anilines is 2. The zero-order chi connectivity index (χ0) is 17.4. The highest BCUT2D eigenvalue weighted by molar-refractivity contribution is 7.22. The van der Waals surface area contributed by atoms with E-state index in [4.69, 9.17) is 4.74 Å². The maximum Gasteiger partial charge on any atom is 0.267 e. The molecule has 2 N–H and O–H groups in total. The highest BCUT2D eigenvalue weighted by Crippen LogP contribution is 2.33. The largest absolute Gasteiger partial charge is 0.482 e. The van der Waals surface area contributed by atoms with Gasteiger partial charge in [0, 0.05) is 5.69 Å². The molecule has 126 valence electrons. The first-order chi connectivity index (χ1) is 12.1. The Balaban J connectivity index is 1.56. The Morgan fingerprint density at radius 3 is 3.04 bits per heavy atom. The van der Waals surface area contributed by atoms with Gasteiger partial charge in [0.2, 0.25) is 0 Å². The number of aryl methyl sites for hydroxylation is 1. The molecule has 3 heterocycles. The lowest BCUT2D eigenvalue weighted by atomic mass is 10.2. The van der Waals surface area contributed by atoms with E-state index in [1.165, 1.54) is 11.3 Å². The van der Waals surface area contributed by atoms with E-state index in [2.05, 4.69) is 15.6 Å². The van der Waals surface area contributed by atoms with Crippen molar-refractivity contribution in [3.05, 3.63) is 46.3 Å². The van der Waals surface area contributed by atoms with Crippen LogP contribution >= 0.6 is 22.7 Å². The van der Waals surface area contributed by atoms with Gasteiger partial charge in [0.05, 0.1) is 16.3 Å². The maximum atomic E-state index is 12.6. The minimum absolute atomic E-state index is 0.00423. The van der Waals surface area contributed by atoms with E-state index >= 15 is 0 Å². The molecule has 8 heteroatoms. The summed E-state index contributed by atoms with van der Waals surface area (Å²) in [4.78, 5) is 30.1. The number of nitrogens with zero attached hydrogens (tertiary/aromatic N) is 1. The predicted octanol–water partition coefficient (Wildman–Crippen LogP) is 3.76. The fraction of sp³-hybridized carbons (Fsp3) is 0.118. The van der Waals surface area contributed by atoms with Crippen LogP contribution in [-0.4, -0.2) is 23.4 Å². The van der Waals surface area contributed by atoms with Crippen LogP contribution in [0.5, 0.6) is 5.75 Å². The molecule has 0 spiro atoms. The molecule has 2 amide bonds. The normalized spacial score (nSPS) is 12.9. The summed E-state index contributed by atoms with van der Waals surface area (Å²) in [5, 5.41) is 8.39. The van der Waals surface area contributed by atoms with Crippen molar-refractivity contribution < 1.29 is 14.3 Å². The number of aromatic nitrogens is 1. The third-order valence-electron chi connectivity index (χ3n) is 3.61. The number of carbonyl (C=O) groups is 2. The van der Waals surface area contributed by atoms with Crippen LogP contribution < -0.4 is 15.4 Å². The number of hydrogen-bond acceptors (Lipinski definition) is 6. The van der Waals surface area contributed by atoms with Crippen LogP contribution in [0.2, 0.25) is 0 Å². The highest BCUT2D eigenvalue weighted by Gasteiger charge is 2.19. The van der Waals surface area contributed by atoms with Crippen molar-refractivity contribution >= 4 is 45.9 Å². The second-order valence-electron chi connectivity index (χ2n) is 5.41. The summed E-state index contributed by atoms with van der Waals surface area (Å²) in [7, 11) is 0. The molecule has 1 aliphatic heterocycles. The van der Waals surface area contributed by atoms with Crippen molar-refractivity contribution in [1.29, 1.82) is 0 Å². The smallest absolute Gasteiger partial charge is 0.267 e. The topological polar surface area (TPSA) is 80.3 Å². The number of ether oxygens (including phenoxy) is 1. The number of thiazole rings is 1. The Morgan fingerprint density at radius 1 is 1.36 bits per heavy atom. The zero-order valence-electron chi connectivity index (χ0n) is 13.2. The van der Waals surface area contributed by atoms with Crippen LogP contribution in [0.1, 0.15) is 15.4 Å². The van der Waals surface area contributed by atoms with Crippen LogP contribution in [0.25, 0.3) is 9.88 Å². The average Bonchev–Trinajstić information content (AvgIpc) is 3.23. The number of nitrogens with one attached hydrogen (secondary N) is 2. The van der Waals surface area contributed by atoms with Gasteiger partial charge >= 0.3 is 0 Å². The molecule has 0 radical (unpaired) electrons. The van der Waals surface area contributed by atoms with Gasteiger partial charge in [-0.1, -0.05) is 6.07 Å². The van der Waals surface area contributed by atoms with E-state index in [1.807, 2.05) is 24.4 Å². The van der Waals surface area contributed by atoms with E-state index in [0.29, 0.717) is 27.7 Å². The first kappa shape index (κ1) is 15.8. The number of fused-ring (bicyclic) bond motifs is 1. The fourth-order valence-electron chi connectivity index (χ4n) is 2.46. The van der Waals surface area contributed by atoms with Crippen LogP contribution in [0, 0.1) is 6.92 Å². The van der Waals surface area contributed by atoms with Gasteiger partial charge in [-0.05, 0) is 36.6 Å². The summed E-state index contributed by atoms with van der Waals surface area (Å²) >= 11 is 2.96. The number of amides is 2. The third-order valence-corrected chi connectivity index (χ3v) is 5.80. The van der Waals surface area contributed by atoms with Gasteiger partial charge in [-0.3, -0.25) is 9.59 Å². The second kappa shape index (κ2) is 6.30. The first-order valence-corrected chi connectivity index (χ1v) is 9.19. The second-order valence-corrected chi connectivity index (χ2v) is 7.36. The third kappa shape index (κ3) is 3.13. The average molecular weight is 371 g/mol. The molecule has 1 aliphatic rings. The summed E-state index contributed by atoms with van der Waals surface area (Å²) in [6, 6.07) is 9.09. The summed E-state index contributed by atoms with van der Waals surface area (Å²) < 4.78 is 5.31. The Bertz CT molecular complexity index is 964. The molecule has 2 aromatic heterocycles. The van der Waals surface area contributed by atoms with Crippen molar-refractivity contribution in [1.82, 2.24) is 4.98 Å². The van der Waals surface area contributed by atoms with Gasteiger partial charge in [0.1, 0.15) is 15.6 Å². The molecule has 0 aliphatic carbocycles. The zero-order valence-corrected chi connectivity index (χ0v) is 14.8. The number of rotatable bonds is 3. The van der Waals surface area contributed by atoms with E-state index in [-0.39, 0.29) is 18.4 Å². The molecule has 0 bridgehead atoms. The molecule has 0 fully saturated rings. The lowest BCUT2D eigenvalue weighted by molar-refractivity contribution is -0.118. The standard InChI is InChI=1S/C17H13N3O3S2/c1-9-15(25-17(18-9)13-3-2-6-24-13)16(22)19-10-4-5-12-11(7-10)20-14(21)8-23-12/h2-7H,8H2,1H3,(H,19,22)(H,20,21). The molecule has 0 saturated heterocycles. The van der Waals surface area contributed by atoms with Gasteiger partial charge < -0.3 is 15.4 Å². The van der Waals surface area contributed by atoms with E-state index < -0.39 is 0 Å². The molecule has 25 heavy (non-hydrogen) atoms. The Labute approximate surface area is 151 Å². The van der Waals surface area contributed by atoms with E-state index in [9.17, 15) is 9.59 Å². The number of benzene rings is 1. The fourth-order valence-corrected chi connectivity index (χ4v) is 4.22. The predicted molar refractivity (Wildman–Crippen MR) is 98.7 cm³/mol. The van der Waals surface area contributed by atoms with Crippen LogP contribution in [0.15, 0.2) is 35.7 Å². The Kier molecular flexibility index (Phi) is 3.98. The minimum Gasteiger partial charge on any atom is -0.482 e. The Hall–Kier alpha value is -2.71. The van der Waals surface area contributed by atoms with Crippen molar-refractivity contribution in [2.24, 2.45) is 0 Å². The minimum atomic E-state index is -0.221. The number of thiophene rings is 1. The number of carbonyl (C=O) groups excluding carboxylic acids is 2. The lowest BCUT2D eigenvalue weighted by Crippen LogP contribution is -2.25. The van der Waals surface area contributed by atoms with Crippen molar-refractivity contribution in [3.63, 3.8) is 0 Å². The highest BCUT2D eigenvalue weighted by atomic mass is 32.1. The van der Waals surface area contributed by atoms with E-state index in [1.54, 1.807) is 29.5 Å². The number of hydrogen-bond donors (Lipinski definition) is 2. The molecular formula is C17H13N3O3S2. The summed E-state index contributed by atoms with van der Waals surface area (Å²) in [5.74, 6) is 0.155. The summed E-state index contributed by atoms with van der Waals surface area (Å²) in [6.07, 6.45) is 0. The quantitative estimate of drug-likeness (QED) is 0.735. The first-order valence-electron chi connectivity index (χ1n) is 7.49. The molecular weight excluding hydrogens is 358 g/mol. The van der Waals surface area contributed by atoms with Gasteiger partial charge in [0.25, 0.3) is 11.8 Å². The van der Waals surface area contributed by atoms with Crippen LogP contribution in [0.3, 0.4) is 0 Å². The molecule has 6 nitrogen and oxygen atoms in total. The van der Waals surface area contributed by atoms with Crippen LogP contribution in [-0.2, 0) is 4.79 Å². The molecule has 3 aromatic rings. The lowest BCUT2D eigenvalue weighted by Gasteiger charge is -2.18. The SMILES string of the molecule is Cc1nc(-c2cccs2)sc1C(=O)Nc1ccc2c(c1)NC(=O)CO2. The van der Waals surface area contributed by atoms with Crippen molar-refractivity contribution in [3.8, 4) is 15.6 Å². The van der Waals surface area contributed by atoms with Gasteiger partial charge in [-0.25, -0.2) is 4.98 Å². The Morgan fingerprint density at radius 2 is 2.24 bits per heavy atom. The van der Waals surface area contributed by atoms with Gasteiger partial charge in [0.15, 0.2) is 6.61 Å². The molecule has 0 unspecified atom stereocenters. The maximum absolute atomic E-state index is 12.6. The summed E-state index contributed by atoms with van der Waals surface area (Å²) in [5.41, 5.74) is 1.83. The van der Waals surface area contributed by atoms with Gasteiger partial charge in [-0.2, -0.15) is 0 Å². The van der Waals surface area contributed by atoms with Crippen LogP contribution in [0.4, 0.5) is 11.4 Å². The molecule has 4 rings (SSSR count). The molecule has 0 atom stereocenters. The molecule has 1 aromatic carbocycles. The van der Waals surface area contributed by atoms with Crippen molar-refractivity contribution in [2.45, 2.75) is 6.92 Å². The monoisotopic (exact) mass is 371 g/mol. The van der Waals surface area contributed by atoms with E-state index in [0.717, 1.165) is 9.88 Å². The van der Waals surface area contributed by atoms with Gasteiger partial charge in [-0.15, -0.1) is 22.7 Å². The molecule has 0 saturated carbocycles. The van der Waals surface area contributed by atoms with Crippen molar-refractivity contribution in [2.75, 3.05) is 17.2 Å².